The van der Waals surface area contributed by atoms with Gasteiger partial charge in [0, 0.05) is 6.42 Å². The molecule has 0 atom stereocenters. The van der Waals surface area contributed by atoms with Gasteiger partial charge in [0.25, 0.3) is 0 Å². The quantitative estimate of drug-likeness (QED) is 0.569. The molecule has 1 heterocycles. The molecule has 0 N–H and O–H groups in total. The van der Waals surface area contributed by atoms with E-state index in [0.29, 0.717) is 0 Å². The molecule has 0 bridgehead atoms. The Kier molecular flexibility index (Phi) is 6.95. The lowest BCUT2D eigenvalue weighted by Crippen LogP contribution is -1.86. The first-order chi connectivity index (χ1) is 7.83. The first-order valence-corrected chi connectivity index (χ1v) is 6.74. The van der Waals surface area contributed by atoms with Gasteiger partial charge in [-0.2, -0.15) is 0 Å². The summed E-state index contributed by atoms with van der Waals surface area (Å²) in [7, 11) is 0. The van der Waals surface area contributed by atoms with Crippen molar-refractivity contribution in [3.8, 4) is 0 Å². The number of aromatic nitrogens is 1. The summed E-state index contributed by atoms with van der Waals surface area (Å²) in [5, 5.41) is 0. The first kappa shape index (κ1) is 13.3. The van der Waals surface area contributed by atoms with Crippen LogP contribution in [0.1, 0.15) is 69.9 Å². The number of hydrogen-bond acceptors (Lipinski definition) is 2. The summed E-state index contributed by atoms with van der Waals surface area (Å²) < 4.78 is 5.31. The predicted octanol–water partition coefficient (Wildman–Crippen LogP) is 4.67. The van der Waals surface area contributed by atoms with E-state index >= 15 is 0 Å². The molecule has 1 aromatic heterocycles. The van der Waals surface area contributed by atoms with Crippen molar-refractivity contribution in [1.29, 1.82) is 0 Å². The van der Waals surface area contributed by atoms with Gasteiger partial charge in [-0.25, -0.2) is 4.98 Å². The molecule has 0 saturated heterocycles. The molecule has 0 aliphatic carbocycles. The lowest BCUT2D eigenvalue weighted by atomic mass is 10.1. The van der Waals surface area contributed by atoms with Gasteiger partial charge in [-0.15, -0.1) is 0 Å². The normalized spacial score (nSPS) is 10.9. The third kappa shape index (κ3) is 5.94. The standard InChI is InChI=1S/C14H25NO/c1-3-4-5-6-7-8-9-10-11-14-15-13(2)12-16-14/h12H,3-11H2,1-2H3. The number of hydrogen-bond donors (Lipinski definition) is 0. The zero-order chi connectivity index (χ0) is 11.6. The maximum absolute atomic E-state index is 5.31. The second-order valence-electron chi connectivity index (χ2n) is 4.61. The Morgan fingerprint density at radius 2 is 1.62 bits per heavy atom. The maximum Gasteiger partial charge on any atom is 0.194 e. The van der Waals surface area contributed by atoms with E-state index in [-0.39, 0.29) is 0 Å². The summed E-state index contributed by atoms with van der Waals surface area (Å²) in [6.07, 6.45) is 13.6. The summed E-state index contributed by atoms with van der Waals surface area (Å²) >= 11 is 0. The summed E-state index contributed by atoms with van der Waals surface area (Å²) in [6, 6.07) is 0. The average Bonchev–Trinajstić information content (AvgIpc) is 2.68. The Hall–Kier alpha value is -0.790. The van der Waals surface area contributed by atoms with Crippen LogP contribution in [0.2, 0.25) is 0 Å². The fraction of sp³-hybridized carbons (Fsp3) is 0.786. The first-order valence-electron chi connectivity index (χ1n) is 6.74. The monoisotopic (exact) mass is 223 g/mol. The molecule has 2 nitrogen and oxygen atoms in total. The number of unbranched alkanes of at least 4 members (excludes halogenated alkanes) is 7. The molecule has 1 rings (SSSR count). The molecule has 92 valence electrons. The second-order valence-corrected chi connectivity index (χ2v) is 4.61. The zero-order valence-corrected chi connectivity index (χ0v) is 10.8. The molecular formula is C14H25NO. The van der Waals surface area contributed by atoms with Gasteiger partial charge >= 0.3 is 0 Å². The molecule has 0 aliphatic heterocycles. The third-order valence-electron chi connectivity index (χ3n) is 2.91. The van der Waals surface area contributed by atoms with E-state index in [2.05, 4.69) is 11.9 Å². The van der Waals surface area contributed by atoms with Crippen molar-refractivity contribution in [3.05, 3.63) is 17.8 Å². The van der Waals surface area contributed by atoms with Crippen LogP contribution in [0.3, 0.4) is 0 Å². The van der Waals surface area contributed by atoms with Gasteiger partial charge < -0.3 is 4.42 Å². The molecule has 1 aromatic rings. The number of rotatable bonds is 9. The van der Waals surface area contributed by atoms with Gasteiger partial charge in [0.15, 0.2) is 5.89 Å². The Morgan fingerprint density at radius 3 is 2.19 bits per heavy atom. The fourth-order valence-corrected chi connectivity index (χ4v) is 1.93. The number of aryl methyl sites for hydroxylation is 2. The minimum Gasteiger partial charge on any atom is -0.449 e. The van der Waals surface area contributed by atoms with E-state index < -0.39 is 0 Å². The van der Waals surface area contributed by atoms with E-state index in [1.54, 1.807) is 6.26 Å². The zero-order valence-electron chi connectivity index (χ0n) is 10.8. The highest BCUT2D eigenvalue weighted by molar-refractivity contribution is 4.92. The van der Waals surface area contributed by atoms with Crippen LogP contribution in [-0.4, -0.2) is 4.98 Å². The van der Waals surface area contributed by atoms with E-state index in [4.69, 9.17) is 4.42 Å². The number of nitrogens with zero attached hydrogens (tertiary/aromatic N) is 1. The molecule has 0 unspecified atom stereocenters. The molecule has 16 heavy (non-hydrogen) atoms. The van der Waals surface area contributed by atoms with Crippen LogP contribution in [0, 0.1) is 6.92 Å². The molecule has 0 fully saturated rings. The van der Waals surface area contributed by atoms with Gasteiger partial charge in [-0.1, -0.05) is 51.9 Å². The van der Waals surface area contributed by atoms with Crippen LogP contribution in [0.25, 0.3) is 0 Å². The van der Waals surface area contributed by atoms with Crippen LogP contribution in [0.15, 0.2) is 10.7 Å². The largest absolute Gasteiger partial charge is 0.449 e. The Labute approximate surface area is 99.5 Å². The van der Waals surface area contributed by atoms with Crippen LogP contribution in [0.5, 0.6) is 0 Å². The van der Waals surface area contributed by atoms with Gasteiger partial charge in [0.2, 0.25) is 0 Å². The van der Waals surface area contributed by atoms with Crippen molar-refractivity contribution in [1.82, 2.24) is 4.98 Å². The van der Waals surface area contributed by atoms with Crippen molar-refractivity contribution >= 4 is 0 Å². The van der Waals surface area contributed by atoms with Crippen molar-refractivity contribution in [2.24, 2.45) is 0 Å². The molecule has 0 aliphatic rings. The summed E-state index contributed by atoms with van der Waals surface area (Å²) in [6.45, 7) is 4.24. The van der Waals surface area contributed by atoms with Gasteiger partial charge in [0.1, 0.15) is 6.26 Å². The van der Waals surface area contributed by atoms with Crippen LogP contribution in [0.4, 0.5) is 0 Å². The lowest BCUT2D eigenvalue weighted by molar-refractivity contribution is 0.476. The maximum atomic E-state index is 5.31. The second kappa shape index (κ2) is 8.37. The van der Waals surface area contributed by atoms with Crippen molar-refractivity contribution in [3.63, 3.8) is 0 Å². The topological polar surface area (TPSA) is 26.0 Å². The van der Waals surface area contributed by atoms with E-state index in [0.717, 1.165) is 18.0 Å². The van der Waals surface area contributed by atoms with Crippen molar-refractivity contribution in [2.75, 3.05) is 0 Å². The molecular weight excluding hydrogens is 198 g/mol. The Morgan fingerprint density at radius 1 is 1.00 bits per heavy atom. The summed E-state index contributed by atoms with van der Waals surface area (Å²) in [5.41, 5.74) is 0.995. The van der Waals surface area contributed by atoms with Gasteiger partial charge in [-0.05, 0) is 13.3 Å². The smallest absolute Gasteiger partial charge is 0.194 e. The lowest BCUT2D eigenvalue weighted by Gasteiger charge is -2.00. The highest BCUT2D eigenvalue weighted by Crippen LogP contribution is 2.11. The molecule has 0 aromatic carbocycles. The Balaban J connectivity index is 1.88. The highest BCUT2D eigenvalue weighted by atomic mass is 16.3. The van der Waals surface area contributed by atoms with Crippen LogP contribution >= 0.6 is 0 Å². The minimum absolute atomic E-state index is 0.906. The SMILES string of the molecule is CCCCCCCCCCc1nc(C)co1. The third-order valence-corrected chi connectivity index (χ3v) is 2.91. The van der Waals surface area contributed by atoms with Gasteiger partial charge in [0.05, 0.1) is 5.69 Å². The van der Waals surface area contributed by atoms with Crippen LogP contribution in [-0.2, 0) is 6.42 Å². The van der Waals surface area contributed by atoms with E-state index in [1.165, 1.54) is 51.4 Å². The summed E-state index contributed by atoms with van der Waals surface area (Å²) in [4.78, 5) is 4.30. The average molecular weight is 223 g/mol. The fourth-order valence-electron chi connectivity index (χ4n) is 1.93. The summed E-state index contributed by atoms with van der Waals surface area (Å²) in [5.74, 6) is 0.906. The van der Waals surface area contributed by atoms with E-state index in [9.17, 15) is 0 Å². The molecule has 0 saturated carbocycles. The highest BCUT2D eigenvalue weighted by Gasteiger charge is 1.99. The minimum atomic E-state index is 0.906. The predicted molar refractivity (Wildman–Crippen MR) is 67.6 cm³/mol. The molecule has 0 amide bonds. The number of oxazole rings is 1. The van der Waals surface area contributed by atoms with E-state index in [1.807, 2.05) is 6.92 Å². The van der Waals surface area contributed by atoms with Crippen molar-refractivity contribution in [2.45, 2.75) is 71.6 Å². The molecule has 0 radical (unpaired) electrons. The van der Waals surface area contributed by atoms with Crippen LogP contribution < -0.4 is 0 Å². The van der Waals surface area contributed by atoms with Crippen molar-refractivity contribution < 1.29 is 4.42 Å². The Bertz CT molecular complexity index is 267. The van der Waals surface area contributed by atoms with Gasteiger partial charge in [-0.3, -0.25) is 0 Å². The molecule has 0 spiro atoms. The molecule has 2 heteroatoms.